The molecular weight excluding hydrogens is 230 g/mol. The molecule has 1 aromatic heterocycles. The zero-order valence-corrected chi connectivity index (χ0v) is 9.54. The van der Waals surface area contributed by atoms with Gasteiger partial charge in [0, 0.05) is 18.0 Å². The van der Waals surface area contributed by atoms with Crippen molar-refractivity contribution in [3.63, 3.8) is 0 Å². The Hall–Kier alpha value is -2.69. The van der Waals surface area contributed by atoms with Gasteiger partial charge in [-0.2, -0.15) is 0 Å². The first-order valence-corrected chi connectivity index (χ1v) is 5.25. The molecule has 0 unspecified atom stereocenters. The third-order valence-electron chi connectivity index (χ3n) is 2.08. The summed E-state index contributed by atoms with van der Waals surface area (Å²) in [6.45, 7) is 3.38. The lowest BCUT2D eigenvalue weighted by molar-refractivity contribution is -0.111. The van der Waals surface area contributed by atoms with Crippen molar-refractivity contribution in [3.8, 4) is 11.6 Å². The maximum atomic E-state index is 11.1. The molecule has 18 heavy (non-hydrogen) atoms. The van der Waals surface area contributed by atoms with Gasteiger partial charge in [-0.05, 0) is 30.3 Å². The van der Waals surface area contributed by atoms with Crippen LogP contribution in [-0.2, 0) is 4.79 Å². The van der Waals surface area contributed by atoms with Gasteiger partial charge in [0.2, 0.25) is 11.8 Å². The number of hydrogen-bond acceptors (Lipinski definition) is 4. The standard InChI is InChI=1S/C13H11N3O2/c1-2-12(17)16-10-3-5-11(6-4-10)18-13-7-8-14-9-15-13/h2-9H,1H2,(H,16,17). The van der Waals surface area contributed by atoms with E-state index in [0.29, 0.717) is 17.3 Å². The van der Waals surface area contributed by atoms with Crippen molar-refractivity contribution < 1.29 is 9.53 Å². The van der Waals surface area contributed by atoms with E-state index in [-0.39, 0.29) is 5.91 Å². The van der Waals surface area contributed by atoms with E-state index in [9.17, 15) is 4.79 Å². The lowest BCUT2D eigenvalue weighted by Gasteiger charge is -2.05. The van der Waals surface area contributed by atoms with E-state index in [1.54, 1.807) is 36.5 Å². The molecule has 0 bridgehead atoms. The second-order valence-electron chi connectivity index (χ2n) is 3.37. The van der Waals surface area contributed by atoms with Crippen LogP contribution in [-0.4, -0.2) is 15.9 Å². The summed E-state index contributed by atoms with van der Waals surface area (Å²) < 4.78 is 5.48. The summed E-state index contributed by atoms with van der Waals surface area (Å²) in [4.78, 5) is 18.8. The highest BCUT2D eigenvalue weighted by Gasteiger charge is 2.00. The second kappa shape index (κ2) is 5.58. The minimum Gasteiger partial charge on any atom is -0.439 e. The predicted octanol–water partition coefficient (Wildman–Crippen LogP) is 2.39. The van der Waals surface area contributed by atoms with E-state index in [2.05, 4.69) is 21.9 Å². The lowest BCUT2D eigenvalue weighted by Crippen LogP contribution is -2.06. The first kappa shape index (κ1) is 11.8. The highest BCUT2D eigenvalue weighted by Crippen LogP contribution is 2.20. The number of nitrogens with zero attached hydrogens (tertiary/aromatic N) is 2. The van der Waals surface area contributed by atoms with Crippen LogP contribution in [0.5, 0.6) is 11.6 Å². The molecule has 0 radical (unpaired) electrons. The van der Waals surface area contributed by atoms with E-state index < -0.39 is 0 Å². The van der Waals surface area contributed by atoms with E-state index in [4.69, 9.17) is 4.74 Å². The SMILES string of the molecule is C=CC(=O)Nc1ccc(Oc2ccncn2)cc1. The van der Waals surface area contributed by atoms with Crippen LogP contribution in [0.1, 0.15) is 0 Å². The summed E-state index contributed by atoms with van der Waals surface area (Å²) in [5.41, 5.74) is 0.676. The summed E-state index contributed by atoms with van der Waals surface area (Å²) >= 11 is 0. The van der Waals surface area contributed by atoms with Crippen molar-refractivity contribution in [2.45, 2.75) is 0 Å². The number of carbonyl (C=O) groups excluding carboxylic acids is 1. The van der Waals surface area contributed by atoms with Crippen LogP contribution < -0.4 is 10.1 Å². The minimum absolute atomic E-state index is 0.250. The van der Waals surface area contributed by atoms with Crippen LogP contribution in [0, 0.1) is 0 Å². The Bertz CT molecular complexity index is 538. The summed E-state index contributed by atoms with van der Waals surface area (Å²) in [6, 6.07) is 8.60. The molecule has 1 heterocycles. The van der Waals surface area contributed by atoms with Crippen LogP contribution >= 0.6 is 0 Å². The van der Waals surface area contributed by atoms with E-state index in [1.165, 1.54) is 12.4 Å². The average Bonchev–Trinajstić information content (AvgIpc) is 2.42. The molecule has 0 aliphatic carbocycles. The number of benzene rings is 1. The van der Waals surface area contributed by atoms with Gasteiger partial charge in [-0.3, -0.25) is 4.79 Å². The van der Waals surface area contributed by atoms with Gasteiger partial charge in [0.05, 0.1) is 0 Å². The van der Waals surface area contributed by atoms with Crippen molar-refractivity contribution in [3.05, 3.63) is 55.5 Å². The molecule has 5 heteroatoms. The molecule has 1 aromatic carbocycles. The number of anilines is 1. The highest BCUT2D eigenvalue weighted by molar-refractivity contribution is 5.98. The second-order valence-corrected chi connectivity index (χ2v) is 3.37. The number of ether oxygens (including phenoxy) is 1. The van der Waals surface area contributed by atoms with E-state index in [1.807, 2.05) is 0 Å². The number of amides is 1. The van der Waals surface area contributed by atoms with E-state index in [0.717, 1.165) is 0 Å². The highest BCUT2D eigenvalue weighted by atomic mass is 16.5. The number of rotatable bonds is 4. The third-order valence-corrected chi connectivity index (χ3v) is 2.08. The molecule has 90 valence electrons. The van der Waals surface area contributed by atoms with Crippen LogP contribution in [0.15, 0.2) is 55.5 Å². The Kier molecular flexibility index (Phi) is 3.66. The monoisotopic (exact) mass is 241 g/mol. The largest absolute Gasteiger partial charge is 0.439 e. The molecule has 5 nitrogen and oxygen atoms in total. The van der Waals surface area contributed by atoms with Crippen molar-refractivity contribution >= 4 is 11.6 Å². The van der Waals surface area contributed by atoms with Crippen LogP contribution in [0.25, 0.3) is 0 Å². The number of aromatic nitrogens is 2. The fourth-order valence-electron chi connectivity index (χ4n) is 1.26. The normalized spacial score (nSPS) is 9.56. The number of carbonyl (C=O) groups is 1. The molecule has 2 rings (SSSR count). The summed E-state index contributed by atoms with van der Waals surface area (Å²) in [7, 11) is 0. The molecule has 0 saturated heterocycles. The van der Waals surface area contributed by atoms with Crippen molar-refractivity contribution in [1.29, 1.82) is 0 Å². The Morgan fingerprint density at radius 3 is 2.67 bits per heavy atom. The Labute approximate surface area is 104 Å². The zero-order valence-electron chi connectivity index (χ0n) is 9.54. The van der Waals surface area contributed by atoms with Gasteiger partial charge < -0.3 is 10.1 Å². The van der Waals surface area contributed by atoms with Crippen LogP contribution in [0.3, 0.4) is 0 Å². The van der Waals surface area contributed by atoms with Crippen LogP contribution in [0.4, 0.5) is 5.69 Å². The molecule has 0 aliphatic heterocycles. The van der Waals surface area contributed by atoms with Gasteiger partial charge in [-0.1, -0.05) is 6.58 Å². The van der Waals surface area contributed by atoms with Gasteiger partial charge in [0.25, 0.3) is 0 Å². The molecule has 0 spiro atoms. The fourth-order valence-corrected chi connectivity index (χ4v) is 1.26. The summed E-state index contributed by atoms with van der Waals surface area (Å²) in [5, 5.41) is 2.64. The van der Waals surface area contributed by atoms with E-state index >= 15 is 0 Å². The van der Waals surface area contributed by atoms with Gasteiger partial charge in [-0.15, -0.1) is 0 Å². The third kappa shape index (κ3) is 3.15. The number of hydrogen-bond donors (Lipinski definition) is 1. The maximum absolute atomic E-state index is 11.1. The Morgan fingerprint density at radius 1 is 1.28 bits per heavy atom. The zero-order chi connectivity index (χ0) is 12.8. The summed E-state index contributed by atoms with van der Waals surface area (Å²) in [5.74, 6) is 0.845. The van der Waals surface area contributed by atoms with Gasteiger partial charge >= 0.3 is 0 Å². The predicted molar refractivity (Wildman–Crippen MR) is 67.4 cm³/mol. The Morgan fingerprint density at radius 2 is 2.06 bits per heavy atom. The molecule has 1 N–H and O–H groups in total. The smallest absolute Gasteiger partial charge is 0.247 e. The lowest BCUT2D eigenvalue weighted by atomic mass is 10.3. The Balaban J connectivity index is 2.04. The first-order chi connectivity index (χ1) is 8.78. The van der Waals surface area contributed by atoms with Gasteiger partial charge in [0.1, 0.15) is 12.1 Å². The maximum Gasteiger partial charge on any atom is 0.247 e. The molecule has 0 saturated carbocycles. The molecule has 0 atom stereocenters. The first-order valence-electron chi connectivity index (χ1n) is 5.25. The van der Waals surface area contributed by atoms with Gasteiger partial charge in [-0.25, -0.2) is 9.97 Å². The minimum atomic E-state index is -0.250. The van der Waals surface area contributed by atoms with Crippen LogP contribution in [0.2, 0.25) is 0 Å². The molecule has 1 amide bonds. The molecular formula is C13H11N3O2. The topological polar surface area (TPSA) is 64.1 Å². The van der Waals surface area contributed by atoms with Gasteiger partial charge in [0.15, 0.2) is 0 Å². The van der Waals surface area contributed by atoms with Crippen molar-refractivity contribution in [2.75, 3.05) is 5.32 Å². The molecule has 0 fully saturated rings. The summed E-state index contributed by atoms with van der Waals surface area (Å²) in [6.07, 6.45) is 4.22. The molecule has 0 aliphatic rings. The molecule has 2 aromatic rings. The van der Waals surface area contributed by atoms with Crippen molar-refractivity contribution in [1.82, 2.24) is 9.97 Å². The average molecular weight is 241 g/mol. The quantitative estimate of drug-likeness (QED) is 0.835. The van der Waals surface area contributed by atoms with Crippen molar-refractivity contribution in [2.24, 2.45) is 0 Å². The fraction of sp³-hybridized carbons (Fsp3) is 0. The number of nitrogens with one attached hydrogen (secondary N) is 1.